The van der Waals surface area contributed by atoms with Gasteiger partial charge in [-0.2, -0.15) is 0 Å². The molecule has 0 spiro atoms. The minimum Gasteiger partial charge on any atom is -0.494 e. The van der Waals surface area contributed by atoms with Crippen LogP contribution in [0.2, 0.25) is 0 Å². The lowest BCUT2D eigenvalue weighted by Crippen LogP contribution is -2.11. The maximum absolute atomic E-state index is 11.9. The zero-order chi connectivity index (χ0) is 22.5. The molecular weight excluding hydrogens is 402 g/mol. The van der Waals surface area contributed by atoms with E-state index in [1.54, 1.807) is 18.2 Å². The Balaban J connectivity index is 1.83. The van der Waals surface area contributed by atoms with Gasteiger partial charge in [0, 0.05) is 23.0 Å². The first-order chi connectivity index (χ1) is 15.6. The van der Waals surface area contributed by atoms with Gasteiger partial charge in [0.2, 0.25) is 0 Å². The van der Waals surface area contributed by atoms with Gasteiger partial charge in [0.1, 0.15) is 0 Å². The van der Waals surface area contributed by atoms with E-state index in [1.165, 1.54) is 12.7 Å². The highest BCUT2D eigenvalue weighted by molar-refractivity contribution is 6.22. The molecule has 4 aromatic rings. The molecule has 32 heavy (non-hydrogen) atoms. The first-order valence-electron chi connectivity index (χ1n) is 10.5. The van der Waals surface area contributed by atoms with Gasteiger partial charge >= 0.3 is 5.97 Å². The van der Waals surface area contributed by atoms with Crippen LogP contribution >= 0.6 is 0 Å². The molecule has 3 aromatic carbocycles. The number of aromatic amines is 1. The van der Waals surface area contributed by atoms with E-state index in [9.17, 15) is 9.90 Å². The van der Waals surface area contributed by atoms with E-state index >= 15 is 0 Å². The van der Waals surface area contributed by atoms with Gasteiger partial charge in [-0.1, -0.05) is 55.5 Å². The first-order valence-corrected chi connectivity index (χ1v) is 10.5. The number of ether oxygens (including phenoxy) is 1. The Labute approximate surface area is 186 Å². The van der Waals surface area contributed by atoms with Gasteiger partial charge in [-0.25, -0.2) is 9.79 Å². The number of nitrogens with one attached hydrogen (secondary N) is 2. The Kier molecular flexibility index (Phi) is 6.33. The highest BCUT2D eigenvalue weighted by Crippen LogP contribution is 2.32. The van der Waals surface area contributed by atoms with Crippen molar-refractivity contribution in [2.75, 3.05) is 13.7 Å². The van der Waals surface area contributed by atoms with Crippen LogP contribution in [-0.2, 0) is 11.3 Å². The van der Waals surface area contributed by atoms with Crippen molar-refractivity contribution in [3.05, 3.63) is 95.1 Å². The predicted molar refractivity (Wildman–Crippen MR) is 127 cm³/mol. The number of carbonyl (C=O) groups is 1. The molecule has 1 heterocycles. The second-order valence-electron chi connectivity index (χ2n) is 7.37. The number of aromatic hydroxyl groups is 1. The van der Waals surface area contributed by atoms with Crippen LogP contribution < -0.4 is 5.32 Å². The number of aliphatic imine (C=N–C) groups is 1. The van der Waals surface area contributed by atoms with Gasteiger partial charge in [-0.05, 0) is 36.4 Å². The average molecular weight is 428 g/mol. The predicted octanol–water partition coefficient (Wildman–Crippen LogP) is 4.94. The monoisotopic (exact) mass is 427 g/mol. The van der Waals surface area contributed by atoms with E-state index in [4.69, 9.17) is 9.73 Å². The number of hydrogen-bond acceptors (Lipinski definition) is 5. The summed E-state index contributed by atoms with van der Waals surface area (Å²) < 4.78 is 4.81. The molecule has 6 heteroatoms. The number of aromatic nitrogens is 1. The standard InChI is InChI=1S/C26H25N3O3/c1-3-27-16-17-9-12-20(13-10-17)28-24(18-7-5-4-6-8-18)23-21-14-11-19(26(31)32-2)15-22(21)29-25(23)30/h4-15,27,29-30H,3,16H2,1-2H3. The number of nitrogens with zero attached hydrogens (tertiary/aromatic N) is 1. The van der Waals surface area contributed by atoms with Crippen LogP contribution in [0.25, 0.3) is 10.9 Å². The largest absolute Gasteiger partial charge is 0.494 e. The van der Waals surface area contributed by atoms with E-state index in [1.807, 2.05) is 54.6 Å². The summed E-state index contributed by atoms with van der Waals surface area (Å²) in [5.41, 5.74) is 5.09. The molecule has 0 atom stereocenters. The number of esters is 1. The van der Waals surface area contributed by atoms with Crippen LogP contribution in [0.1, 0.15) is 34.0 Å². The topological polar surface area (TPSA) is 86.7 Å². The summed E-state index contributed by atoms with van der Waals surface area (Å²) in [7, 11) is 1.34. The Morgan fingerprint density at radius 1 is 1.03 bits per heavy atom. The molecule has 0 aliphatic carbocycles. The van der Waals surface area contributed by atoms with Crippen molar-refractivity contribution < 1.29 is 14.6 Å². The lowest BCUT2D eigenvalue weighted by Gasteiger charge is -2.09. The molecular formula is C26H25N3O3. The summed E-state index contributed by atoms with van der Waals surface area (Å²) in [5, 5.41) is 14.9. The summed E-state index contributed by atoms with van der Waals surface area (Å²) in [6.45, 7) is 3.79. The van der Waals surface area contributed by atoms with Crippen LogP contribution in [-0.4, -0.2) is 35.4 Å². The molecule has 0 bridgehead atoms. The Hall–Kier alpha value is -3.90. The van der Waals surface area contributed by atoms with Gasteiger partial charge in [0.25, 0.3) is 0 Å². The summed E-state index contributed by atoms with van der Waals surface area (Å²) in [4.78, 5) is 19.8. The zero-order valence-electron chi connectivity index (χ0n) is 18.1. The van der Waals surface area contributed by atoms with E-state index in [0.717, 1.165) is 29.7 Å². The number of methoxy groups -OCH3 is 1. The van der Waals surface area contributed by atoms with Crippen molar-refractivity contribution in [1.29, 1.82) is 0 Å². The third-order valence-corrected chi connectivity index (χ3v) is 5.24. The molecule has 1 aromatic heterocycles. The van der Waals surface area contributed by atoms with E-state index < -0.39 is 5.97 Å². The van der Waals surface area contributed by atoms with E-state index in [-0.39, 0.29) is 5.88 Å². The van der Waals surface area contributed by atoms with E-state index in [2.05, 4.69) is 17.2 Å². The molecule has 0 unspecified atom stereocenters. The Morgan fingerprint density at radius 2 is 1.78 bits per heavy atom. The normalized spacial score (nSPS) is 11.6. The molecule has 4 rings (SSSR count). The van der Waals surface area contributed by atoms with Crippen molar-refractivity contribution in [3.8, 4) is 5.88 Å². The zero-order valence-corrected chi connectivity index (χ0v) is 18.1. The lowest BCUT2D eigenvalue weighted by molar-refractivity contribution is 0.0601. The van der Waals surface area contributed by atoms with Crippen molar-refractivity contribution in [3.63, 3.8) is 0 Å². The van der Waals surface area contributed by atoms with Gasteiger partial charge in [-0.3, -0.25) is 0 Å². The van der Waals surface area contributed by atoms with Crippen LogP contribution in [0, 0.1) is 0 Å². The van der Waals surface area contributed by atoms with Crippen LogP contribution in [0.3, 0.4) is 0 Å². The highest BCUT2D eigenvalue weighted by Gasteiger charge is 2.20. The van der Waals surface area contributed by atoms with Crippen LogP contribution in [0.4, 0.5) is 5.69 Å². The number of H-pyrrole nitrogens is 1. The highest BCUT2D eigenvalue weighted by atomic mass is 16.5. The number of carbonyl (C=O) groups excluding carboxylic acids is 1. The molecule has 0 aliphatic heterocycles. The molecule has 0 aliphatic rings. The molecule has 0 saturated heterocycles. The summed E-state index contributed by atoms with van der Waals surface area (Å²) in [5.74, 6) is -0.439. The van der Waals surface area contributed by atoms with Gasteiger partial charge in [-0.15, -0.1) is 0 Å². The van der Waals surface area contributed by atoms with E-state index in [0.29, 0.717) is 22.4 Å². The maximum atomic E-state index is 11.9. The Morgan fingerprint density at radius 3 is 2.47 bits per heavy atom. The van der Waals surface area contributed by atoms with Gasteiger partial charge in [0.15, 0.2) is 5.88 Å². The quantitative estimate of drug-likeness (QED) is 0.288. The second kappa shape index (κ2) is 9.49. The first kappa shape index (κ1) is 21.3. The van der Waals surface area contributed by atoms with Crippen molar-refractivity contribution in [2.24, 2.45) is 4.99 Å². The van der Waals surface area contributed by atoms with Crippen molar-refractivity contribution >= 4 is 28.3 Å². The van der Waals surface area contributed by atoms with Gasteiger partial charge < -0.3 is 20.1 Å². The third-order valence-electron chi connectivity index (χ3n) is 5.24. The molecule has 162 valence electrons. The van der Waals surface area contributed by atoms with Crippen LogP contribution in [0.5, 0.6) is 5.88 Å². The summed E-state index contributed by atoms with van der Waals surface area (Å²) in [6, 6.07) is 22.9. The van der Waals surface area contributed by atoms with Crippen LogP contribution in [0.15, 0.2) is 77.8 Å². The minimum absolute atomic E-state index is 0.00613. The van der Waals surface area contributed by atoms with Gasteiger partial charge in [0.05, 0.1) is 29.6 Å². The molecule has 6 nitrogen and oxygen atoms in total. The Bertz CT molecular complexity index is 1260. The average Bonchev–Trinajstić information content (AvgIpc) is 3.16. The summed E-state index contributed by atoms with van der Waals surface area (Å²) in [6.07, 6.45) is 0. The fourth-order valence-corrected chi connectivity index (χ4v) is 3.62. The van der Waals surface area contributed by atoms with Crippen molar-refractivity contribution in [1.82, 2.24) is 10.3 Å². The fourth-order valence-electron chi connectivity index (χ4n) is 3.62. The smallest absolute Gasteiger partial charge is 0.337 e. The number of fused-ring (bicyclic) bond motifs is 1. The molecule has 0 saturated carbocycles. The maximum Gasteiger partial charge on any atom is 0.337 e. The number of benzene rings is 3. The van der Waals surface area contributed by atoms with Crippen molar-refractivity contribution in [2.45, 2.75) is 13.5 Å². The minimum atomic E-state index is -0.433. The number of hydrogen-bond donors (Lipinski definition) is 3. The lowest BCUT2D eigenvalue weighted by atomic mass is 10.00. The third kappa shape index (κ3) is 4.40. The summed E-state index contributed by atoms with van der Waals surface area (Å²) >= 11 is 0. The molecule has 0 amide bonds. The molecule has 0 fully saturated rings. The fraction of sp³-hybridized carbons (Fsp3) is 0.154. The SMILES string of the molecule is CCNCc1ccc(N=C(c2ccccc2)c2c(O)[nH]c3cc(C(=O)OC)ccc23)cc1. The second-order valence-corrected chi connectivity index (χ2v) is 7.37. The number of rotatable bonds is 7. The molecule has 3 N–H and O–H groups in total. The molecule has 0 radical (unpaired) electrons.